The molecule has 0 atom stereocenters. The smallest absolute Gasteiger partial charge is 0.282 e. The molecule has 0 aliphatic carbocycles. The summed E-state index contributed by atoms with van der Waals surface area (Å²) in [6.07, 6.45) is 0. The molecule has 3 aromatic carbocycles. The zero-order valence-electron chi connectivity index (χ0n) is 18.8. The number of carbonyl (C=O) groups excluding carboxylic acids is 2. The predicted octanol–water partition coefficient (Wildman–Crippen LogP) is 5.74. The first-order valence-corrected chi connectivity index (χ1v) is 10.9. The van der Waals surface area contributed by atoms with Gasteiger partial charge in [-0.1, -0.05) is 44.2 Å². The van der Waals surface area contributed by atoms with Gasteiger partial charge < -0.3 is 10.1 Å². The first kappa shape index (κ1) is 22.3. The van der Waals surface area contributed by atoms with Crippen LogP contribution >= 0.6 is 0 Å². The molecule has 5 nitrogen and oxygen atoms in total. The van der Waals surface area contributed by atoms with Gasteiger partial charge in [-0.05, 0) is 66.4 Å². The fraction of sp³-hybridized carbons (Fsp3) is 0.185. The Morgan fingerprint density at radius 2 is 1.64 bits per heavy atom. The van der Waals surface area contributed by atoms with Crippen LogP contribution in [-0.2, 0) is 9.59 Å². The van der Waals surface area contributed by atoms with Gasteiger partial charge >= 0.3 is 0 Å². The van der Waals surface area contributed by atoms with Gasteiger partial charge in [-0.25, -0.2) is 9.29 Å². The van der Waals surface area contributed by atoms with Crippen LogP contribution in [0.25, 0.3) is 5.57 Å². The van der Waals surface area contributed by atoms with Gasteiger partial charge in [-0.2, -0.15) is 0 Å². The number of hydrogen-bond donors (Lipinski definition) is 1. The van der Waals surface area contributed by atoms with E-state index in [0.717, 1.165) is 10.5 Å². The zero-order chi connectivity index (χ0) is 23.5. The number of carbonyl (C=O) groups is 2. The molecular weight excluding hydrogens is 419 g/mol. The van der Waals surface area contributed by atoms with E-state index in [1.165, 1.54) is 12.1 Å². The monoisotopic (exact) mass is 444 g/mol. The van der Waals surface area contributed by atoms with Gasteiger partial charge in [0.2, 0.25) is 0 Å². The summed E-state index contributed by atoms with van der Waals surface area (Å²) in [7, 11) is 0. The Hall–Kier alpha value is -3.93. The highest BCUT2D eigenvalue weighted by molar-refractivity contribution is 6.46. The van der Waals surface area contributed by atoms with Crippen molar-refractivity contribution in [1.82, 2.24) is 0 Å². The Labute approximate surface area is 192 Å². The Balaban J connectivity index is 1.76. The Kier molecular flexibility index (Phi) is 6.27. The van der Waals surface area contributed by atoms with Crippen LogP contribution in [0.2, 0.25) is 0 Å². The summed E-state index contributed by atoms with van der Waals surface area (Å²) in [5, 5.41) is 2.98. The fourth-order valence-electron chi connectivity index (χ4n) is 3.75. The summed E-state index contributed by atoms with van der Waals surface area (Å²) in [6, 6.07) is 20.1. The van der Waals surface area contributed by atoms with E-state index in [-0.39, 0.29) is 11.3 Å². The van der Waals surface area contributed by atoms with Crippen molar-refractivity contribution in [1.29, 1.82) is 0 Å². The van der Waals surface area contributed by atoms with E-state index in [4.69, 9.17) is 4.74 Å². The van der Waals surface area contributed by atoms with Crippen LogP contribution in [0, 0.1) is 5.82 Å². The average molecular weight is 445 g/mol. The third-order valence-electron chi connectivity index (χ3n) is 5.45. The number of ether oxygens (including phenoxy) is 1. The number of rotatable bonds is 7. The lowest BCUT2D eigenvalue weighted by Crippen LogP contribution is -2.32. The molecule has 1 N–H and O–H groups in total. The topological polar surface area (TPSA) is 58.6 Å². The minimum atomic E-state index is -0.495. The van der Waals surface area contributed by atoms with Gasteiger partial charge in [0, 0.05) is 5.69 Å². The number of amides is 2. The van der Waals surface area contributed by atoms with Crippen molar-refractivity contribution >= 4 is 28.8 Å². The van der Waals surface area contributed by atoms with Crippen molar-refractivity contribution in [2.24, 2.45) is 0 Å². The number of imide groups is 1. The third kappa shape index (κ3) is 4.51. The highest BCUT2D eigenvalue weighted by atomic mass is 19.1. The Morgan fingerprint density at radius 3 is 2.24 bits per heavy atom. The molecule has 0 bridgehead atoms. The molecule has 3 aromatic rings. The normalized spacial score (nSPS) is 13.8. The second-order valence-electron chi connectivity index (χ2n) is 8.03. The van der Waals surface area contributed by atoms with Crippen LogP contribution in [-0.4, -0.2) is 18.4 Å². The number of benzene rings is 3. The Bertz CT molecular complexity index is 1210. The first-order chi connectivity index (χ1) is 15.9. The quantitative estimate of drug-likeness (QED) is 0.472. The second kappa shape index (κ2) is 9.28. The standard InChI is InChI=1S/C27H25FN2O3/c1-4-33-23-14-10-19(11-15-23)24-25(29-21-7-5-6-20(28)16-21)27(32)30(26(24)31)22-12-8-18(9-13-22)17(2)3/h5-17,29H,4H2,1-3H3. The molecule has 0 saturated carbocycles. The van der Waals surface area contributed by atoms with Gasteiger partial charge in [0.15, 0.2) is 0 Å². The molecule has 1 aliphatic heterocycles. The van der Waals surface area contributed by atoms with E-state index >= 15 is 0 Å². The van der Waals surface area contributed by atoms with Crippen LogP contribution < -0.4 is 15.0 Å². The number of nitrogens with zero attached hydrogens (tertiary/aromatic N) is 1. The number of halogens is 1. The second-order valence-corrected chi connectivity index (χ2v) is 8.03. The Morgan fingerprint density at radius 1 is 0.939 bits per heavy atom. The molecule has 0 unspecified atom stereocenters. The van der Waals surface area contributed by atoms with Gasteiger partial charge in [0.25, 0.3) is 11.8 Å². The van der Waals surface area contributed by atoms with E-state index in [9.17, 15) is 14.0 Å². The molecule has 0 saturated heterocycles. The van der Waals surface area contributed by atoms with Gasteiger partial charge in [0.05, 0.1) is 17.9 Å². The van der Waals surface area contributed by atoms with Crippen molar-refractivity contribution in [3.05, 3.63) is 95.4 Å². The minimum Gasteiger partial charge on any atom is -0.494 e. The maximum atomic E-state index is 13.8. The molecule has 0 radical (unpaired) electrons. The predicted molar refractivity (Wildman–Crippen MR) is 128 cm³/mol. The van der Waals surface area contributed by atoms with Crippen molar-refractivity contribution in [3.63, 3.8) is 0 Å². The molecule has 2 amide bonds. The number of hydrogen-bond acceptors (Lipinski definition) is 4. The first-order valence-electron chi connectivity index (χ1n) is 10.9. The zero-order valence-corrected chi connectivity index (χ0v) is 18.8. The molecule has 0 fully saturated rings. The fourth-order valence-corrected chi connectivity index (χ4v) is 3.75. The summed E-state index contributed by atoms with van der Waals surface area (Å²) in [4.78, 5) is 28.1. The minimum absolute atomic E-state index is 0.0997. The maximum Gasteiger partial charge on any atom is 0.282 e. The van der Waals surface area contributed by atoms with E-state index in [2.05, 4.69) is 19.2 Å². The lowest BCUT2D eigenvalue weighted by molar-refractivity contribution is -0.120. The number of nitrogens with one attached hydrogen (secondary N) is 1. The summed E-state index contributed by atoms with van der Waals surface area (Å²) in [5.41, 5.74) is 2.86. The van der Waals surface area contributed by atoms with Crippen LogP contribution in [0.3, 0.4) is 0 Å². The lowest BCUT2D eigenvalue weighted by atomic mass is 10.0. The van der Waals surface area contributed by atoms with Crippen LogP contribution in [0.15, 0.2) is 78.5 Å². The molecule has 1 heterocycles. The van der Waals surface area contributed by atoms with E-state index in [0.29, 0.717) is 35.2 Å². The summed E-state index contributed by atoms with van der Waals surface area (Å²) in [6.45, 7) is 6.56. The number of anilines is 2. The third-order valence-corrected chi connectivity index (χ3v) is 5.45. The van der Waals surface area contributed by atoms with Gasteiger partial charge in [-0.3, -0.25) is 9.59 Å². The van der Waals surface area contributed by atoms with E-state index in [1.807, 2.05) is 19.1 Å². The molecular formula is C27H25FN2O3. The molecule has 33 heavy (non-hydrogen) atoms. The molecule has 0 spiro atoms. The van der Waals surface area contributed by atoms with Crippen LogP contribution in [0.1, 0.15) is 37.8 Å². The van der Waals surface area contributed by atoms with Crippen molar-refractivity contribution in [2.45, 2.75) is 26.7 Å². The summed E-state index contributed by atoms with van der Waals surface area (Å²) in [5.74, 6) is -0.391. The van der Waals surface area contributed by atoms with E-state index < -0.39 is 17.6 Å². The van der Waals surface area contributed by atoms with Crippen molar-refractivity contribution in [3.8, 4) is 5.75 Å². The molecule has 1 aliphatic rings. The van der Waals surface area contributed by atoms with Crippen LogP contribution in [0.5, 0.6) is 5.75 Å². The highest BCUT2D eigenvalue weighted by Gasteiger charge is 2.40. The van der Waals surface area contributed by atoms with Gasteiger partial charge in [0.1, 0.15) is 17.3 Å². The average Bonchev–Trinajstić information content (AvgIpc) is 3.04. The molecule has 4 rings (SSSR count). The maximum absolute atomic E-state index is 13.8. The summed E-state index contributed by atoms with van der Waals surface area (Å²) >= 11 is 0. The lowest BCUT2D eigenvalue weighted by Gasteiger charge is -2.16. The van der Waals surface area contributed by atoms with E-state index in [1.54, 1.807) is 48.5 Å². The molecule has 0 aromatic heterocycles. The largest absolute Gasteiger partial charge is 0.494 e. The summed E-state index contributed by atoms with van der Waals surface area (Å²) < 4.78 is 19.3. The van der Waals surface area contributed by atoms with Crippen molar-refractivity contribution in [2.75, 3.05) is 16.8 Å². The van der Waals surface area contributed by atoms with Crippen LogP contribution in [0.4, 0.5) is 15.8 Å². The molecule has 6 heteroatoms. The molecule has 168 valence electrons. The SMILES string of the molecule is CCOc1ccc(C2=C(Nc3cccc(F)c3)C(=O)N(c3ccc(C(C)C)cc3)C2=O)cc1. The highest BCUT2D eigenvalue weighted by Crippen LogP contribution is 2.35. The van der Waals surface area contributed by atoms with Gasteiger partial charge in [-0.15, -0.1) is 0 Å². The van der Waals surface area contributed by atoms with Crippen molar-refractivity contribution < 1.29 is 18.7 Å².